The van der Waals surface area contributed by atoms with E-state index < -0.39 is 24.1 Å². The molecule has 0 radical (unpaired) electrons. The van der Waals surface area contributed by atoms with Gasteiger partial charge in [0.15, 0.2) is 12.2 Å². The highest BCUT2D eigenvalue weighted by Crippen LogP contribution is 2.34. The van der Waals surface area contributed by atoms with Gasteiger partial charge in [0.1, 0.15) is 6.10 Å². The molecule has 0 saturated heterocycles. The predicted molar refractivity (Wildman–Crippen MR) is 85.8 cm³/mol. The highest BCUT2D eigenvalue weighted by molar-refractivity contribution is 5.95. The number of ether oxygens (including phenoxy) is 1. The van der Waals surface area contributed by atoms with Crippen LogP contribution in [-0.4, -0.2) is 50.5 Å². The van der Waals surface area contributed by atoms with E-state index in [2.05, 4.69) is 6.92 Å². The summed E-state index contributed by atoms with van der Waals surface area (Å²) >= 11 is 0. The first-order valence-electron chi connectivity index (χ1n) is 7.61. The summed E-state index contributed by atoms with van der Waals surface area (Å²) in [5, 5.41) is 32.5. The Hall–Kier alpha value is -2.65. The standard InChI is InChI=1S/C12H15NO2.C4H6O6/c1-2-3-4-11-9-6-5-8(13)7-10(9)12(14)15-11;5-1(3(7)8)2(6)4(9)10/h5-7,11H,2-4,13H2,1H3;1-2,5-6H,(H,7,8)(H,9,10)/t11-;/m1./s1. The maximum absolute atomic E-state index is 11.5. The van der Waals surface area contributed by atoms with Crippen LogP contribution in [0.2, 0.25) is 0 Å². The zero-order valence-electron chi connectivity index (χ0n) is 13.6. The van der Waals surface area contributed by atoms with Gasteiger partial charge in [0.2, 0.25) is 0 Å². The number of unbranched alkanes of at least 4 members (excludes halogenated alkanes) is 1. The van der Waals surface area contributed by atoms with Crippen molar-refractivity contribution in [1.29, 1.82) is 0 Å². The third-order valence-corrected chi connectivity index (χ3v) is 3.52. The van der Waals surface area contributed by atoms with Crippen molar-refractivity contribution in [1.82, 2.24) is 0 Å². The molecule has 138 valence electrons. The Kier molecular flexibility index (Phi) is 7.34. The average molecular weight is 355 g/mol. The summed E-state index contributed by atoms with van der Waals surface area (Å²) in [7, 11) is 0. The second kappa shape index (κ2) is 9.00. The highest BCUT2D eigenvalue weighted by atomic mass is 16.5. The fourth-order valence-electron chi connectivity index (χ4n) is 2.16. The fourth-order valence-corrected chi connectivity index (χ4v) is 2.16. The lowest BCUT2D eigenvalue weighted by Gasteiger charge is -2.09. The van der Waals surface area contributed by atoms with Gasteiger partial charge in [-0.05, 0) is 25.0 Å². The normalized spacial score (nSPS) is 17.6. The number of aliphatic hydroxyl groups is 2. The second-order valence-electron chi connectivity index (χ2n) is 5.45. The molecule has 1 aromatic rings. The molecule has 0 saturated carbocycles. The number of aliphatic hydroxyl groups excluding tert-OH is 2. The van der Waals surface area contributed by atoms with Gasteiger partial charge in [-0.1, -0.05) is 19.4 Å². The monoisotopic (exact) mass is 355 g/mol. The van der Waals surface area contributed by atoms with E-state index in [-0.39, 0.29) is 12.1 Å². The van der Waals surface area contributed by atoms with Crippen LogP contribution in [-0.2, 0) is 14.3 Å². The first-order chi connectivity index (χ1) is 11.7. The zero-order chi connectivity index (χ0) is 19.1. The van der Waals surface area contributed by atoms with Crippen LogP contribution in [0.5, 0.6) is 0 Å². The molecule has 1 aliphatic heterocycles. The van der Waals surface area contributed by atoms with Crippen molar-refractivity contribution in [3.05, 3.63) is 29.3 Å². The fraction of sp³-hybridized carbons (Fsp3) is 0.438. The number of benzene rings is 1. The van der Waals surface area contributed by atoms with Crippen LogP contribution in [0, 0.1) is 0 Å². The Balaban J connectivity index is 0.000000275. The Morgan fingerprint density at radius 1 is 1.20 bits per heavy atom. The van der Waals surface area contributed by atoms with Gasteiger partial charge >= 0.3 is 17.9 Å². The molecule has 2 unspecified atom stereocenters. The number of fused-ring (bicyclic) bond motifs is 1. The lowest BCUT2D eigenvalue weighted by molar-refractivity contribution is -0.165. The summed E-state index contributed by atoms with van der Waals surface area (Å²) in [5.41, 5.74) is 7.87. The molecule has 0 spiro atoms. The SMILES string of the molecule is CCCC[C@H]1OC(=O)c2cc(N)ccc21.O=C(O)C(O)C(O)C(=O)O. The van der Waals surface area contributed by atoms with Crippen molar-refractivity contribution >= 4 is 23.6 Å². The largest absolute Gasteiger partial charge is 0.479 e. The number of hydrogen-bond donors (Lipinski definition) is 5. The maximum atomic E-state index is 11.5. The van der Waals surface area contributed by atoms with E-state index >= 15 is 0 Å². The van der Waals surface area contributed by atoms with Gasteiger partial charge in [-0.15, -0.1) is 0 Å². The van der Waals surface area contributed by atoms with E-state index in [1.54, 1.807) is 6.07 Å². The molecule has 9 heteroatoms. The van der Waals surface area contributed by atoms with Gasteiger partial charge in [0, 0.05) is 11.3 Å². The number of rotatable bonds is 6. The number of anilines is 1. The van der Waals surface area contributed by atoms with Gasteiger partial charge in [-0.2, -0.15) is 0 Å². The number of carboxylic acid groups (broad SMARTS) is 2. The molecule has 3 atom stereocenters. The molecule has 0 aliphatic carbocycles. The molecule has 0 bridgehead atoms. The first kappa shape index (κ1) is 20.4. The zero-order valence-corrected chi connectivity index (χ0v) is 13.6. The molecule has 9 nitrogen and oxygen atoms in total. The van der Waals surface area contributed by atoms with Gasteiger partial charge in [-0.3, -0.25) is 0 Å². The summed E-state index contributed by atoms with van der Waals surface area (Å²) in [6.07, 6.45) is -1.51. The number of carboxylic acids is 2. The third-order valence-electron chi connectivity index (χ3n) is 3.52. The first-order valence-corrected chi connectivity index (χ1v) is 7.61. The number of aliphatic carboxylic acids is 2. The molecule has 6 N–H and O–H groups in total. The lowest BCUT2D eigenvalue weighted by atomic mass is 10.0. The number of nitrogen functional groups attached to an aromatic ring is 1. The molecule has 0 aromatic heterocycles. The smallest absolute Gasteiger partial charge is 0.339 e. The molecular weight excluding hydrogens is 334 g/mol. The van der Waals surface area contributed by atoms with Crippen LogP contribution < -0.4 is 5.73 Å². The molecule has 1 aromatic carbocycles. The minimum atomic E-state index is -2.27. The van der Waals surface area contributed by atoms with Crippen molar-refractivity contribution in [2.24, 2.45) is 0 Å². The van der Waals surface area contributed by atoms with Gasteiger partial charge in [0.05, 0.1) is 5.56 Å². The Morgan fingerprint density at radius 3 is 2.24 bits per heavy atom. The molecular formula is C16H21NO8. The Bertz CT molecular complexity index is 627. The quantitative estimate of drug-likeness (QED) is 0.361. The highest BCUT2D eigenvalue weighted by Gasteiger charge is 2.30. The summed E-state index contributed by atoms with van der Waals surface area (Å²) in [4.78, 5) is 31.1. The van der Waals surface area contributed by atoms with Crippen LogP contribution >= 0.6 is 0 Å². The van der Waals surface area contributed by atoms with Crippen molar-refractivity contribution < 1.29 is 39.5 Å². The third kappa shape index (κ3) is 5.44. The van der Waals surface area contributed by atoms with Crippen LogP contribution in [0.4, 0.5) is 5.69 Å². The van der Waals surface area contributed by atoms with Crippen LogP contribution in [0.25, 0.3) is 0 Å². The number of hydrogen-bond acceptors (Lipinski definition) is 7. The summed E-state index contributed by atoms with van der Waals surface area (Å²) in [6, 6.07) is 5.42. The average Bonchev–Trinajstić information content (AvgIpc) is 2.87. The summed E-state index contributed by atoms with van der Waals surface area (Å²) in [6.45, 7) is 2.13. The molecule has 2 rings (SSSR count). The van der Waals surface area contributed by atoms with E-state index in [0.717, 1.165) is 24.8 Å². The van der Waals surface area contributed by atoms with E-state index in [0.29, 0.717) is 11.3 Å². The molecule has 0 fully saturated rings. The molecule has 1 heterocycles. The number of carbonyl (C=O) groups is 3. The Labute approximate surface area is 143 Å². The predicted octanol–water partition coefficient (Wildman–Crippen LogP) is 0.548. The number of esters is 1. The maximum Gasteiger partial charge on any atom is 0.339 e. The Morgan fingerprint density at radius 2 is 1.76 bits per heavy atom. The van der Waals surface area contributed by atoms with Crippen LogP contribution in [0.3, 0.4) is 0 Å². The van der Waals surface area contributed by atoms with E-state index in [1.807, 2.05) is 12.1 Å². The second-order valence-corrected chi connectivity index (χ2v) is 5.45. The topological polar surface area (TPSA) is 167 Å². The molecule has 25 heavy (non-hydrogen) atoms. The summed E-state index contributed by atoms with van der Waals surface area (Å²) < 4.78 is 5.29. The van der Waals surface area contributed by atoms with Crippen LogP contribution in [0.15, 0.2) is 18.2 Å². The van der Waals surface area contributed by atoms with Crippen molar-refractivity contribution in [2.75, 3.05) is 5.73 Å². The minimum absolute atomic E-state index is 0.0620. The van der Waals surface area contributed by atoms with Gasteiger partial charge < -0.3 is 30.9 Å². The van der Waals surface area contributed by atoms with E-state index in [1.165, 1.54) is 0 Å². The van der Waals surface area contributed by atoms with Crippen molar-refractivity contribution in [3.63, 3.8) is 0 Å². The molecule has 0 amide bonds. The van der Waals surface area contributed by atoms with Crippen molar-refractivity contribution in [2.45, 2.75) is 44.5 Å². The van der Waals surface area contributed by atoms with E-state index in [9.17, 15) is 14.4 Å². The number of nitrogens with two attached hydrogens (primary N) is 1. The minimum Gasteiger partial charge on any atom is -0.479 e. The van der Waals surface area contributed by atoms with E-state index in [4.69, 9.17) is 30.9 Å². The number of carbonyl (C=O) groups excluding carboxylic acids is 1. The van der Waals surface area contributed by atoms with Gasteiger partial charge in [0.25, 0.3) is 0 Å². The van der Waals surface area contributed by atoms with Gasteiger partial charge in [-0.25, -0.2) is 14.4 Å². The number of cyclic esters (lactones) is 1. The molecule has 1 aliphatic rings. The lowest BCUT2D eigenvalue weighted by Crippen LogP contribution is -2.39. The van der Waals surface area contributed by atoms with Crippen molar-refractivity contribution in [3.8, 4) is 0 Å². The summed E-state index contributed by atoms with van der Waals surface area (Å²) in [5.74, 6) is -3.77. The van der Waals surface area contributed by atoms with Crippen LogP contribution in [0.1, 0.15) is 48.2 Å².